The highest BCUT2D eigenvalue weighted by atomic mass is 31.3. The van der Waals surface area contributed by atoms with Crippen molar-refractivity contribution in [3.8, 4) is 11.8 Å². The lowest BCUT2D eigenvalue weighted by molar-refractivity contribution is -0.462. The number of fused-ring (bicyclic) bond motifs is 3. The number of anilines is 2. The number of ether oxygens (including phenoxy) is 1. The summed E-state index contributed by atoms with van der Waals surface area (Å²) in [5.41, 5.74) is 15.7. The molecular weight excluding hydrogens is 965 g/mol. The van der Waals surface area contributed by atoms with Gasteiger partial charge in [-0.25, -0.2) is 28.0 Å². The molecule has 1 fully saturated rings. The van der Waals surface area contributed by atoms with Gasteiger partial charge in [-0.2, -0.15) is 4.31 Å². The van der Waals surface area contributed by atoms with E-state index in [2.05, 4.69) is 95.5 Å². The molecule has 2 aromatic carbocycles. The summed E-state index contributed by atoms with van der Waals surface area (Å²) in [6.07, 6.45) is 8.99. The fourth-order valence-corrected chi connectivity index (χ4v) is 11.6. The molecule has 1 aliphatic heterocycles. The van der Waals surface area contributed by atoms with Gasteiger partial charge in [-0.05, 0) is 76.9 Å². The van der Waals surface area contributed by atoms with Crippen LogP contribution in [0.5, 0.6) is 0 Å². The Labute approximate surface area is 404 Å². The number of rotatable bonds is 16. The molecule has 5 atom stereocenters. The quantitative estimate of drug-likeness (QED) is 0.0573. The van der Waals surface area contributed by atoms with Crippen LogP contribution in [0.1, 0.15) is 78.4 Å². The molecule has 0 radical (unpaired) electrons. The van der Waals surface area contributed by atoms with Gasteiger partial charge < -0.3 is 49.7 Å². The third-order valence-corrected chi connectivity index (χ3v) is 15.8. The molecule has 7 rings (SSSR count). The summed E-state index contributed by atoms with van der Waals surface area (Å²) in [6.45, 7) is 4.18. The number of hydrogen-bond acceptors (Lipinski definition) is 14. The van der Waals surface area contributed by atoms with Crippen LogP contribution >= 0.6 is 23.5 Å². The molecule has 372 valence electrons. The lowest BCUT2D eigenvalue weighted by Gasteiger charge is -2.39. The van der Waals surface area contributed by atoms with Crippen molar-refractivity contribution in [1.82, 2.24) is 24.8 Å². The standard InChI is InChI=1S/C46H55N8O13P3/c1-46(2)37-24-30(51(3)4)16-19-35(37)42(36-20-17-31(52(5)6)25-38(36)46)33-13-8-9-14-34(33)45(56)53(7)23-11-15-39(55)48-22-10-12-29-26-54(44-41(29)43(47)49-28-50-44)40-21-18-32(65-40)27-64-69(60,61)67-70(62,63)66-68(57,58)59/h8-9,13-14,16-17,19-20,24-26,28,32,40H,11,15,18,21-23,27H2,1-7H3,(H6-,47,48,49,50,55,57,58,59,60,61,62,63)/t32-,40+/m0/s1. The van der Waals surface area contributed by atoms with Crippen molar-refractivity contribution >= 4 is 69.1 Å². The maximum absolute atomic E-state index is 14.3. The molecule has 1 saturated heterocycles. The molecule has 2 aliphatic carbocycles. The predicted octanol–water partition coefficient (Wildman–Crippen LogP) is 4.79. The molecule has 24 heteroatoms. The van der Waals surface area contributed by atoms with Crippen molar-refractivity contribution in [2.45, 2.75) is 57.3 Å². The van der Waals surface area contributed by atoms with Gasteiger partial charge in [-0.15, -0.1) is 0 Å². The summed E-state index contributed by atoms with van der Waals surface area (Å²) in [6, 6.07) is 14.2. The van der Waals surface area contributed by atoms with Crippen LogP contribution in [0.2, 0.25) is 0 Å². The molecule has 4 aromatic rings. The van der Waals surface area contributed by atoms with Crippen LogP contribution in [0.3, 0.4) is 0 Å². The SMILES string of the molecule is CN(CCCC(=O)NCC#Cc1cn([C@H]2CC[C@@H](COP(=O)(O)OP(=O)(O)OP(=O)([O-])O)O2)c2ncnc(N)c12)C(=O)c1ccccc1C1=C2C=CC(=[N+](C)C)C=C2C(C)(C)c2cc(N(C)C)ccc21. The zero-order chi connectivity index (χ0) is 50.9. The van der Waals surface area contributed by atoms with Crippen LogP contribution in [-0.2, 0) is 41.8 Å². The van der Waals surface area contributed by atoms with E-state index in [1.54, 1.807) is 22.7 Å². The Morgan fingerprint density at radius 2 is 1.77 bits per heavy atom. The highest BCUT2D eigenvalue weighted by Gasteiger charge is 2.41. The minimum atomic E-state index is -5.80. The van der Waals surface area contributed by atoms with Gasteiger partial charge in [0.05, 0.1) is 30.2 Å². The molecule has 2 amide bonds. The van der Waals surface area contributed by atoms with E-state index >= 15 is 0 Å². The van der Waals surface area contributed by atoms with E-state index in [1.165, 1.54) is 17.5 Å². The summed E-state index contributed by atoms with van der Waals surface area (Å²) in [5, 5.41) is 3.22. The highest BCUT2D eigenvalue weighted by molar-refractivity contribution is 7.66. The number of phosphoric acid groups is 3. The molecule has 70 heavy (non-hydrogen) atoms. The largest absolute Gasteiger partial charge is 0.756 e. The molecule has 3 heterocycles. The van der Waals surface area contributed by atoms with E-state index < -0.39 is 42.4 Å². The maximum Gasteiger partial charge on any atom is 0.487 e. The highest BCUT2D eigenvalue weighted by Crippen LogP contribution is 2.65. The van der Waals surface area contributed by atoms with Crippen LogP contribution in [0.15, 0.2) is 84.4 Å². The van der Waals surface area contributed by atoms with Crippen LogP contribution < -0.4 is 20.8 Å². The smallest absolute Gasteiger partial charge is 0.487 e. The van der Waals surface area contributed by atoms with E-state index in [-0.39, 0.29) is 42.4 Å². The summed E-state index contributed by atoms with van der Waals surface area (Å²) < 4.78 is 56.4. The van der Waals surface area contributed by atoms with E-state index in [0.29, 0.717) is 41.5 Å². The van der Waals surface area contributed by atoms with Crippen molar-refractivity contribution in [3.05, 3.63) is 112 Å². The third kappa shape index (κ3) is 11.8. The molecular formula is C46H55N8O13P3. The summed E-state index contributed by atoms with van der Waals surface area (Å²) in [7, 11) is -7.07. The molecule has 0 saturated carbocycles. The van der Waals surface area contributed by atoms with E-state index in [1.807, 2.05) is 52.5 Å². The molecule has 3 unspecified atom stereocenters. The second-order valence-corrected chi connectivity index (χ2v) is 22.1. The summed E-state index contributed by atoms with van der Waals surface area (Å²) in [4.78, 5) is 78.1. The number of allylic oxidation sites excluding steroid dienone is 5. The number of amides is 2. The number of hydrogen-bond donors (Lipinski definition) is 5. The first-order chi connectivity index (χ1) is 32.9. The molecule has 6 N–H and O–H groups in total. The fraction of sp³-hybridized carbons (Fsp3) is 0.370. The number of aromatic nitrogens is 3. The van der Waals surface area contributed by atoms with Gasteiger partial charge in [0.2, 0.25) is 5.91 Å². The molecule has 0 bridgehead atoms. The Kier molecular flexibility index (Phi) is 15.4. The van der Waals surface area contributed by atoms with Crippen LogP contribution in [0, 0.1) is 11.8 Å². The number of nitrogens with zero attached hydrogens (tertiary/aromatic N) is 6. The lowest BCUT2D eigenvalue weighted by atomic mass is 9.64. The Bertz CT molecular complexity index is 3090. The van der Waals surface area contributed by atoms with Gasteiger partial charge in [0.1, 0.15) is 38.1 Å². The normalized spacial score (nSPS) is 19.7. The summed E-state index contributed by atoms with van der Waals surface area (Å²) >= 11 is 0. The number of nitrogens with two attached hydrogens (primary N) is 1. The van der Waals surface area contributed by atoms with Crippen LogP contribution in [-0.4, -0.2) is 117 Å². The van der Waals surface area contributed by atoms with Gasteiger partial charge in [0, 0.05) is 69.1 Å². The molecule has 3 aliphatic rings. The minimum absolute atomic E-state index is 0.00913. The number of benzene rings is 2. The van der Waals surface area contributed by atoms with Gasteiger partial charge in [0.15, 0.2) is 5.71 Å². The average molecular weight is 1020 g/mol. The Hall–Kier alpha value is -5.58. The van der Waals surface area contributed by atoms with Gasteiger partial charge in [-0.1, -0.05) is 50.0 Å². The molecule has 0 spiro atoms. The molecule has 2 aromatic heterocycles. The van der Waals surface area contributed by atoms with Crippen molar-refractivity contribution in [2.24, 2.45) is 0 Å². The van der Waals surface area contributed by atoms with Crippen molar-refractivity contribution in [1.29, 1.82) is 0 Å². The summed E-state index contributed by atoms with van der Waals surface area (Å²) in [5.74, 6) is 5.63. The van der Waals surface area contributed by atoms with Gasteiger partial charge in [0.25, 0.3) is 13.7 Å². The van der Waals surface area contributed by atoms with E-state index in [9.17, 15) is 38.0 Å². The topological polar surface area (TPSA) is 284 Å². The second kappa shape index (κ2) is 20.6. The number of nitrogens with one attached hydrogen (secondary N) is 1. The number of carbonyl (C=O) groups excluding carboxylic acids is 2. The lowest BCUT2D eigenvalue weighted by Crippen LogP contribution is -2.32. The van der Waals surface area contributed by atoms with Gasteiger partial charge >= 0.3 is 15.6 Å². The zero-order valence-electron chi connectivity index (χ0n) is 39.6. The Morgan fingerprint density at radius 1 is 1.03 bits per heavy atom. The number of nitrogen functional groups attached to an aromatic ring is 1. The predicted molar refractivity (Wildman–Crippen MR) is 259 cm³/mol. The maximum atomic E-state index is 14.3. The van der Waals surface area contributed by atoms with Crippen molar-refractivity contribution in [2.75, 3.05) is 65.6 Å². The monoisotopic (exact) mass is 1020 g/mol. The van der Waals surface area contributed by atoms with E-state index in [4.69, 9.17) is 19.9 Å². The Balaban J connectivity index is 0.976. The second-order valence-electron chi connectivity index (χ2n) is 17.8. The number of carbonyl (C=O) groups is 2. The first-order valence-electron chi connectivity index (χ1n) is 22.0. The average Bonchev–Trinajstić information content (AvgIpc) is 3.91. The van der Waals surface area contributed by atoms with E-state index in [0.717, 1.165) is 33.7 Å². The zero-order valence-corrected chi connectivity index (χ0v) is 42.2. The fourth-order valence-electron chi connectivity index (χ4n) is 8.63. The Morgan fingerprint density at radius 3 is 2.49 bits per heavy atom. The first-order valence-corrected chi connectivity index (χ1v) is 26.5. The van der Waals surface area contributed by atoms with Crippen LogP contribution in [0.25, 0.3) is 16.6 Å². The van der Waals surface area contributed by atoms with Gasteiger partial charge in [-0.3, -0.25) is 18.7 Å². The minimum Gasteiger partial charge on any atom is -0.756 e. The molecule has 21 nitrogen and oxygen atoms in total. The number of phosphoric ester groups is 1. The van der Waals surface area contributed by atoms with Crippen LogP contribution in [0.4, 0.5) is 11.5 Å². The van der Waals surface area contributed by atoms with Crippen molar-refractivity contribution in [3.63, 3.8) is 0 Å². The third-order valence-electron chi connectivity index (χ3n) is 12.1. The van der Waals surface area contributed by atoms with Crippen molar-refractivity contribution < 1.29 is 65.3 Å². The first kappa shape index (κ1) is 52.2.